The van der Waals surface area contributed by atoms with Crippen molar-refractivity contribution < 1.29 is 14.3 Å². The lowest BCUT2D eigenvalue weighted by Gasteiger charge is -2.35. The minimum Gasteiger partial charge on any atom is -0.368 e. The first kappa shape index (κ1) is 16.4. The van der Waals surface area contributed by atoms with Crippen molar-refractivity contribution in [3.63, 3.8) is 0 Å². The van der Waals surface area contributed by atoms with E-state index in [0.29, 0.717) is 32.8 Å². The van der Waals surface area contributed by atoms with Crippen LogP contribution in [0.5, 0.6) is 0 Å². The summed E-state index contributed by atoms with van der Waals surface area (Å²) in [4.78, 5) is 29.7. The number of carbonyl (C=O) groups excluding carboxylic acids is 2. The van der Waals surface area contributed by atoms with Crippen LogP contribution >= 0.6 is 11.3 Å². The van der Waals surface area contributed by atoms with Crippen LogP contribution in [0.4, 0.5) is 0 Å². The van der Waals surface area contributed by atoms with E-state index in [2.05, 4.69) is 0 Å². The monoisotopic (exact) mass is 359 g/mol. The lowest BCUT2D eigenvalue weighted by atomic mass is 10.2. The van der Waals surface area contributed by atoms with Gasteiger partial charge in [0.15, 0.2) is 0 Å². The summed E-state index contributed by atoms with van der Waals surface area (Å²) in [5.41, 5.74) is 0.915. The molecule has 1 atom stereocenters. The molecule has 2 amide bonds. The third kappa shape index (κ3) is 3.21. The predicted octanol–water partition coefficient (Wildman–Crippen LogP) is 2.00. The van der Waals surface area contributed by atoms with E-state index in [1.54, 1.807) is 0 Å². The summed E-state index contributed by atoms with van der Waals surface area (Å²) in [6.07, 6.45) is 5.37. The first-order valence-corrected chi connectivity index (χ1v) is 9.52. The van der Waals surface area contributed by atoms with Gasteiger partial charge in [0.25, 0.3) is 11.8 Å². The summed E-state index contributed by atoms with van der Waals surface area (Å²) in [5, 5.41) is 1.94. The lowest BCUT2D eigenvalue weighted by Crippen LogP contribution is -2.52. The Morgan fingerprint density at radius 2 is 1.80 bits per heavy atom. The van der Waals surface area contributed by atoms with Crippen LogP contribution in [0.25, 0.3) is 5.69 Å². The molecule has 0 N–H and O–H groups in total. The normalized spacial score (nSPS) is 20.9. The van der Waals surface area contributed by atoms with Gasteiger partial charge in [-0.3, -0.25) is 9.59 Å². The van der Waals surface area contributed by atoms with Crippen LogP contribution in [0.15, 0.2) is 36.0 Å². The van der Waals surface area contributed by atoms with Crippen molar-refractivity contribution >= 4 is 23.2 Å². The number of thiophene rings is 1. The van der Waals surface area contributed by atoms with Gasteiger partial charge in [0, 0.05) is 45.2 Å². The second-order valence-corrected chi connectivity index (χ2v) is 7.26. The Morgan fingerprint density at radius 3 is 2.48 bits per heavy atom. The van der Waals surface area contributed by atoms with E-state index < -0.39 is 0 Å². The molecule has 0 saturated carbocycles. The smallest absolute Gasteiger partial charge is 0.266 e. The Bertz CT molecular complexity index is 741. The van der Waals surface area contributed by atoms with Gasteiger partial charge in [0.2, 0.25) is 0 Å². The van der Waals surface area contributed by atoms with E-state index in [1.165, 1.54) is 11.3 Å². The number of nitrogens with zero attached hydrogens (tertiary/aromatic N) is 3. The lowest BCUT2D eigenvalue weighted by molar-refractivity contribution is -0.142. The van der Waals surface area contributed by atoms with Crippen LogP contribution in [0, 0.1) is 0 Å². The number of ether oxygens (including phenoxy) is 1. The van der Waals surface area contributed by atoms with Gasteiger partial charge in [0.1, 0.15) is 11.0 Å². The van der Waals surface area contributed by atoms with Crippen molar-refractivity contribution in [2.45, 2.75) is 18.9 Å². The highest BCUT2D eigenvalue weighted by Crippen LogP contribution is 2.24. The highest BCUT2D eigenvalue weighted by molar-refractivity contribution is 7.12. The van der Waals surface area contributed by atoms with Crippen LogP contribution < -0.4 is 0 Å². The van der Waals surface area contributed by atoms with E-state index in [4.69, 9.17) is 4.74 Å². The molecule has 0 spiro atoms. The molecular formula is C18H21N3O3S. The second kappa shape index (κ2) is 7.01. The van der Waals surface area contributed by atoms with Gasteiger partial charge in [0.05, 0.1) is 5.69 Å². The van der Waals surface area contributed by atoms with Gasteiger partial charge in [-0.05, 0) is 36.4 Å². The Labute approximate surface area is 150 Å². The maximum absolute atomic E-state index is 12.9. The number of aromatic nitrogens is 1. The first-order valence-electron chi connectivity index (χ1n) is 8.64. The number of hydrogen-bond acceptors (Lipinski definition) is 4. The van der Waals surface area contributed by atoms with Crippen molar-refractivity contribution in [3.8, 4) is 5.69 Å². The van der Waals surface area contributed by atoms with Gasteiger partial charge in [-0.2, -0.15) is 0 Å². The summed E-state index contributed by atoms with van der Waals surface area (Å²) in [6.45, 7) is 2.97. The fraction of sp³-hybridized carbons (Fsp3) is 0.444. The maximum Gasteiger partial charge on any atom is 0.266 e. The fourth-order valence-electron chi connectivity index (χ4n) is 3.41. The summed E-state index contributed by atoms with van der Waals surface area (Å²) in [5.74, 6) is 0.122. The van der Waals surface area contributed by atoms with Gasteiger partial charge in [-0.15, -0.1) is 11.3 Å². The van der Waals surface area contributed by atoms with Crippen LogP contribution in [-0.4, -0.2) is 65.1 Å². The summed E-state index contributed by atoms with van der Waals surface area (Å²) >= 11 is 1.46. The predicted molar refractivity (Wildman–Crippen MR) is 95.1 cm³/mol. The van der Waals surface area contributed by atoms with Crippen molar-refractivity contribution in [3.05, 3.63) is 40.8 Å². The van der Waals surface area contributed by atoms with Crippen LogP contribution in [0.2, 0.25) is 0 Å². The molecule has 2 saturated heterocycles. The molecule has 0 aliphatic carbocycles. The van der Waals surface area contributed by atoms with E-state index in [9.17, 15) is 9.59 Å². The molecule has 1 unspecified atom stereocenters. The van der Waals surface area contributed by atoms with Gasteiger partial charge in [-0.1, -0.05) is 0 Å². The Balaban J connectivity index is 1.40. The molecule has 4 rings (SSSR count). The second-order valence-electron chi connectivity index (χ2n) is 6.34. The zero-order chi connectivity index (χ0) is 17.2. The molecular weight excluding hydrogens is 338 g/mol. The standard InChI is InChI=1S/C18H21N3O3S/c22-17(15-4-3-12-24-15)20-8-10-21(11-9-20)18(23)16-14(5-13-25-16)19-6-1-2-7-19/h1-2,5-7,13,15H,3-4,8-12H2. The van der Waals surface area contributed by atoms with Crippen molar-refractivity contribution in [2.75, 3.05) is 32.8 Å². The number of amides is 2. The highest BCUT2D eigenvalue weighted by atomic mass is 32.1. The summed E-state index contributed by atoms with van der Waals surface area (Å²) in [7, 11) is 0. The summed E-state index contributed by atoms with van der Waals surface area (Å²) in [6, 6.07) is 5.86. The molecule has 2 fully saturated rings. The minimum atomic E-state index is -0.278. The molecule has 25 heavy (non-hydrogen) atoms. The maximum atomic E-state index is 12.9. The molecule has 4 heterocycles. The molecule has 2 aromatic heterocycles. The average molecular weight is 359 g/mol. The number of rotatable bonds is 3. The molecule has 2 aromatic rings. The average Bonchev–Trinajstić information content (AvgIpc) is 3.42. The molecule has 6 nitrogen and oxygen atoms in total. The van der Waals surface area contributed by atoms with E-state index >= 15 is 0 Å². The molecule has 0 radical (unpaired) electrons. The quantitative estimate of drug-likeness (QED) is 0.842. The molecule has 7 heteroatoms. The van der Waals surface area contributed by atoms with Crippen molar-refractivity contribution in [2.24, 2.45) is 0 Å². The molecule has 132 valence electrons. The Kier molecular flexibility index (Phi) is 4.59. The van der Waals surface area contributed by atoms with Crippen molar-refractivity contribution in [1.82, 2.24) is 14.4 Å². The van der Waals surface area contributed by atoms with Crippen LogP contribution in [0.1, 0.15) is 22.5 Å². The highest BCUT2D eigenvalue weighted by Gasteiger charge is 2.32. The van der Waals surface area contributed by atoms with E-state index in [0.717, 1.165) is 23.4 Å². The number of piperazine rings is 1. The third-order valence-electron chi connectivity index (χ3n) is 4.80. The van der Waals surface area contributed by atoms with Crippen molar-refractivity contribution in [1.29, 1.82) is 0 Å². The Hall–Kier alpha value is -2.12. The summed E-state index contributed by atoms with van der Waals surface area (Å²) < 4.78 is 7.44. The zero-order valence-corrected chi connectivity index (χ0v) is 14.8. The molecule has 0 aromatic carbocycles. The molecule has 0 bridgehead atoms. The SMILES string of the molecule is O=C(c1sccc1-n1cccc1)N1CCN(C(=O)C2CCCO2)CC1. The van der Waals surface area contributed by atoms with Crippen LogP contribution in [0.3, 0.4) is 0 Å². The van der Waals surface area contributed by atoms with Gasteiger partial charge in [-0.25, -0.2) is 0 Å². The Morgan fingerprint density at radius 1 is 1.08 bits per heavy atom. The first-order chi connectivity index (χ1) is 12.2. The number of carbonyl (C=O) groups is 2. The van der Waals surface area contributed by atoms with Gasteiger partial charge >= 0.3 is 0 Å². The molecule has 2 aliphatic heterocycles. The largest absolute Gasteiger partial charge is 0.368 e. The topological polar surface area (TPSA) is 54.8 Å². The third-order valence-corrected chi connectivity index (χ3v) is 5.70. The molecule has 2 aliphatic rings. The van der Waals surface area contributed by atoms with Crippen LogP contribution in [-0.2, 0) is 9.53 Å². The van der Waals surface area contributed by atoms with E-state index in [1.807, 2.05) is 50.3 Å². The zero-order valence-electron chi connectivity index (χ0n) is 14.0. The number of hydrogen-bond donors (Lipinski definition) is 0. The minimum absolute atomic E-state index is 0.0444. The van der Waals surface area contributed by atoms with Gasteiger partial charge < -0.3 is 19.1 Å². The van der Waals surface area contributed by atoms with E-state index in [-0.39, 0.29) is 17.9 Å². The fourth-order valence-corrected chi connectivity index (χ4v) is 4.27.